The third kappa shape index (κ3) is 1.53. The van der Waals surface area contributed by atoms with Gasteiger partial charge < -0.3 is 0 Å². The summed E-state index contributed by atoms with van der Waals surface area (Å²) in [7, 11) is 0. The van der Waals surface area contributed by atoms with Gasteiger partial charge in [0.25, 0.3) is 0 Å². The van der Waals surface area contributed by atoms with Crippen LogP contribution in [0.25, 0.3) is 0 Å². The van der Waals surface area contributed by atoms with Gasteiger partial charge in [0.2, 0.25) is 0 Å². The van der Waals surface area contributed by atoms with E-state index < -0.39 is 6.37 Å². The van der Waals surface area contributed by atoms with Gasteiger partial charge >= 0.3 is 0 Å². The molecule has 0 aliphatic heterocycles. The Kier molecular flexibility index (Phi) is 1.64. The van der Waals surface area contributed by atoms with E-state index in [2.05, 4.69) is 6.92 Å². The molecule has 2 aliphatic carbocycles. The normalized spacial score (nSPS) is 51.2. The van der Waals surface area contributed by atoms with E-state index in [4.69, 9.17) is 2.74 Å². The van der Waals surface area contributed by atoms with Gasteiger partial charge in [-0.1, -0.05) is 39.5 Å². The second kappa shape index (κ2) is 3.05. The van der Waals surface area contributed by atoms with Crippen LogP contribution in [0.4, 0.5) is 0 Å². The van der Waals surface area contributed by atoms with E-state index in [1.54, 1.807) is 6.92 Å². The molecule has 0 heterocycles. The highest BCUT2D eigenvalue weighted by Gasteiger charge is 2.37. The standard InChI is InChI=1S/C12H22/c1-3-12(2)8-10-5-4-6-11(7-10)9-12/h10-11H,3-9H2,1-2H3/i3D2. The Morgan fingerprint density at radius 2 is 1.92 bits per heavy atom. The molecule has 2 atom stereocenters. The van der Waals surface area contributed by atoms with Gasteiger partial charge in [0.15, 0.2) is 0 Å². The zero-order chi connectivity index (χ0) is 10.4. The van der Waals surface area contributed by atoms with Gasteiger partial charge in [0.05, 0.1) is 0 Å². The first-order chi connectivity index (χ1) is 6.41. The fraction of sp³-hybridized carbons (Fsp3) is 1.00. The molecular formula is C12H22. The topological polar surface area (TPSA) is 0 Å². The summed E-state index contributed by atoms with van der Waals surface area (Å²) in [5, 5.41) is 0. The molecule has 70 valence electrons. The van der Waals surface area contributed by atoms with Crippen molar-refractivity contribution in [3.05, 3.63) is 0 Å². The minimum Gasteiger partial charge on any atom is -0.0649 e. The van der Waals surface area contributed by atoms with Crippen LogP contribution in [-0.4, -0.2) is 0 Å². The molecule has 2 saturated carbocycles. The van der Waals surface area contributed by atoms with E-state index in [0.717, 1.165) is 24.7 Å². The van der Waals surface area contributed by atoms with Crippen molar-refractivity contribution in [2.24, 2.45) is 17.3 Å². The van der Waals surface area contributed by atoms with Crippen LogP contribution >= 0.6 is 0 Å². The minimum absolute atomic E-state index is 0.0546. The molecule has 12 heavy (non-hydrogen) atoms. The van der Waals surface area contributed by atoms with Crippen molar-refractivity contribution in [3.8, 4) is 0 Å². The molecule has 0 radical (unpaired) electrons. The van der Waals surface area contributed by atoms with Crippen LogP contribution < -0.4 is 0 Å². The van der Waals surface area contributed by atoms with E-state index in [1.165, 1.54) is 25.7 Å². The van der Waals surface area contributed by atoms with Crippen LogP contribution in [0.2, 0.25) is 0 Å². The molecular weight excluding hydrogens is 144 g/mol. The van der Waals surface area contributed by atoms with Gasteiger partial charge in [-0.3, -0.25) is 0 Å². The third-order valence-electron chi connectivity index (χ3n) is 3.97. The van der Waals surface area contributed by atoms with Crippen LogP contribution in [-0.2, 0) is 0 Å². The fourth-order valence-electron chi connectivity index (χ4n) is 3.33. The van der Waals surface area contributed by atoms with E-state index in [-0.39, 0.29) is 5.41 Å². The van der Waals surface area contributed by atoms with Crippen molar-refractivity contribution < 1.29 is 2.74 Å². The maximum Gasteiger partial charge on any atom is 0.0269 e. The van der Waals surface area contributed by atoms with Crippen LogP contribution in [0.15, 0.2) is 0 Å². The number of hydrogen-bond donors (Lipinski definition) is 0. The van der Waals surface area contributed by atoms with Crippen molar-refractivity contribution in [1.29, 1.82) is 0 Å². The summed E-state index contributed by atoms with van der Waals surface area (Å²) in [5.41, 5.74) is -0.0546. The molecule has 0 saturated heterocycles. The average molecular weight is 168 g/mol. The Bertz CT molecular complexity index is 205. The van der Waals surface area contributed by atoms with Crippen molar-refractivity contribution in [2.75, 3.05) is 0 Å². The van der Waals surface area contributed by atoms with Gasteiger partial charge in [-0.15, -0.1) is 0 Å². The second-order valence-electron chi connectivity index (χ2n) is 5.12. The maximum absolute atomic E-state index is 7.97. The lowest BCUT2D eigenvalue weighted by molar-refractivity contribution is 0.0658. The highest BCUT2D eigenvalue weighted by atomic mass is 14.4. The second-order valence-corrected chi connectivity index (χ2v) is 5.12. The van der Waals surface area contributed by atoms with Crippen LogP contribution in [0, 0.1) is 17.3 Å². The molecule has 0 heteroatoms. The predicted molar refractivity (Wildman–Crippen MR) is 53.1 cm³/mol. The van der Waals surface area contributed by atoms with Crippen LogP contribution in [0.3, 0.4) is 0 Å². The van der Waals surface area contributed by atoms with E-state index in [9.17, 15) is 0 Å². The first-order valence-electron chi connectivity index (χ1n) is 6.41. The molecule has 2 bridgehead atoms. The summed E-state index contributed by atoms with van der Waals surface area (Å²) >= 11 is 0. The average Bonchev–Trinajstić information content (AvgIpc) is 2.00. The highest BCUT2D eigenvalue weighted by molar-refractivity contribution is 4.89. The Labute approximate surface area is 79.6 Å². The summed E-state index contributed by atoms with van der Waals surface area (Å²) in [5.74, 6) is 1.64. The summed E-state index contributed by atoms with van der Waals surface area (Å²) in [4.78, 5) is 0. The van der Waals surface area contributed by atoms with Crippen molar-refractivity contribution in [3.63, 3.8) is 0 Å². The Morgan fingerprint density at radius 3 is 2.42 bits per heavy atom. The molecule has 0 aromatic heterocycles. The number of hydrogen-bond acceptors (Lipinski definition) is 0. The molecule has 0 N–H and O–H groups in total. The van der Waals surface area contributed by atoms with Crippen LogP contribution in [0.1, 0.15) is 61.5 Å². The van der Waals surface area contributed by atoms with E-state index in [1.807, 2.05) is 0 Å². The number of rotatable bonds is 1. The fourth-order valence-corrected chi connectivity index (χ4v) is 3.33. The van der Waals surface area contributed by atoms with Gasteiger partial charge in [0, 0.05) is 2.74 Å². The first kappa shape index (κ1) is 6.45. The maximum atomic E-state index is 7.97. The van der Waals surface area contributed by atoms with Crippen molar-refractivity contribution in [2.45, 2.75) is 58.7 Å². The summed E-state index contributed by atoms with van der Waals surface area (Å²) < 4.78 is 15.9. The van der Waals surface area contributed by atoms with Crippen molar-refractivity contribution >= 4 is 0 Å². The third-order valence-corrected chi connectivity index (χ3v) is 3.97. The van der Waals surface area contributed by atoms with Crippen molar-refractivity contribution in [1.82, 2.24) is 0 Å². The van der Waals surface area contributed by atoms with Gasteiger partial charge in [-0.2, -0.15) is 0 Å². The lowest BCUT2D eigenvalue weighted by Gasteiger charge is -2.45. The van der Waals surface area contributed by atoms with Gasteiger partial charge in [0.1, 0.15) is 0 Å². The SMILES string of the molecule is [2H]C([2H])(C)C1(C)CC2CCCC(C2)C1. The number of fused-ring (bicyclic) bond motifs is 2. The lowest BCUT2D eigenvalue weighted by Crippen LogP contribution is -2.33. The van der Waals surface area contributed by atoms with Gasteiger partial charge in [-0.05, 0) is 36.5 Å². The quantitative estimate of drug-likeness (QED) is 0.555. The van der Waals surface area contributed by atoms with E-state index in [0.29, 0.717) is 0 Å². The molecule has 2 rings (SSSR count). The molecule has 2 fully saturated rings. The smallest absolute Gasteiger partial charge is 0.0269 e. The Balaban J connectivity index is 2.15. The molecule has 0 nitrogen and oxygen atoms in total. The molecule has 0 spiro atoms. The zero-order valence-electron chi connectivity index (χ0n) is 10.4. The Hall–Kier alpha value is 0. The highest BCUT2D eigenvalue weighted by Crippen LogP contribution is 2.49. The summed E-state index contributed by atoms with van der Waals surface area (Å²) in [6.45, 7) is 3.94. The first-order valence-corrected chi connectivity index (χ1v) is 5.41. The van der Waals surface area contributed by atoms with E-state index >= 15 is 0 Å². The Morgan fingerprint density at radius 1 is 1.33 bits per heavy atom. The molecule has 2 aliphatic rings. The minimum atomic E-state index is -0.999. The molecule has 0 amide bonds. The molecule has 0 aromatic rings. The predicted octanol–water partition coefficient (Wildman–Crippen LogP) is 4.00. The molecule has 0 aromatic carbocycles. The largest absolute Gasteiger partial charge is 0.0649 e. The summed E-state index contributed by atoms with van der Waals surface area (Å²) in [6.07, 6.45) is 6.70. The van der Waals surface area contributed by atoms with Gasteiger partial charge in [-0.25, -0.2) is 0 Å². The molecule has 2 unspecified atom stereocenters. The lowest BCUT2D eigenvalue weighted by atomic mass is 9.61. The van der Waals surface area contributed by atoms with Crippen LogP contribution in [0.5, 0.6) is 0 Å². The monoisotopic (exact) mass is 168 g/mol. The summed E-state index contributed by atoms with van der Waals surface area (Å²) in [6, 6.07) is 0. The zero-order valence-corrected chi connectivity index (χ0v) is 8.40.